The first kappa shape index (κ1) is 32.5. The highest BCUT2D eigenvalue weighted by atomic mass is 32.2. The molecule has 0 radical (unpaired) electrons. The van der Waals surface area contributed by atoms with E-state index in [4.69, 9.17) is 0 Å². The van der Waals surface area contributed by atoms with Gasteiger partial charge in [-0.05, 0) is 120 Å². The molecule has 2 aromatic rings. The summed E-state index contributed by atoms with van der Waals surface area (Å²) in [6.07, 6.45) is 46.1. The number of benzene rings is 2. The molecule has 7 atom stereocenters. The minimum atomic E-state index is -0.217. The number of fused-ring (bicyclic) bond motifs is 9. The summed E-state index contributed by atoms with van der Waals surface area (Å²) in [6, 6.07) is 19.0. The quantitative estimate of drug-likeness (QED) is 0.290. The van der Waals surface area contributed by atoms with E-state index in [-0.39, 0.29) is 10.2 Å². The van der Waals surface area contributed by atoms with Crippen LogP contribution in [0.1, 0.15) is 63.9 Å². The molecule has 3 aliphatic heterocycles. The van der Waals surface area contributed by atoms with Crippen LogP contribution in [0.2, 0.25) is 0 Å². The zero-order valence-electron chi connectivity index (χ0n) is 30.6. The Morgan fingerprint density at radius 1 is 0.792 bits per heavy atom. The largest absolute Gasteiger partial charge is 0.341 e. The summed E-state index contributed by atoms with van der Waals surface area (Å²) in [5.41, 5.74) is 13.6. The maximum Gasteiger partial charge on any atom is 0.0623 e. The van der Waals surface area contributed by atoms with Crippen molar-refractivity contribution in [2.75, 3.05) is 0 Å². The van der Waals surface area contributed by atoms with Crippen molar-refractivity contribution in [3.63, 3.8) is 0 Å². The Kier molecular flexibility index (Phi) is 7.71. The molecular weight excluding hydrogens is 679 g/mol. The zero-order valence-corrected chi connectivity index (χ0v) is 32.2. The van der Waals surface area contributed by atoms with E-state index in [2.05, 4.69) is 175 Å². The number of nitrogens with zero attached hydrogens (tertiary/aromatic N) is 1. The van der Waals surface area contributed by atoms with E-state index in [0.717, 1.165) is 51.4 Å². The average molecular weight is 726 g/mol. The second kappa shape index (κ2) is 12.6. The molecule has 264 valence electrons. The van der Waals surface area contributed by atoms with Crippen LogP contribution in [0.25, 0.3) is 11.1 Å². The Morgan fingerprint density at radius 3 is 2.58 bits per heavy atom. The van der Waals surface area contributed by atoms with Gasteiger partial charge in [0.05, 0.1) is 11.5 Å². The Balaban J connectivity index is 1.11. The summed E-state index contributed by atoms with van der Waals surface area (Å²) in [6.45, 7) is 2.56. The van der Waals surface area contributed by atoms with Gasteiger partial charge in [0, 0.05) is 44.0 Å². The lowest BCUT2D eigenvalue weighted by molar-refractivity contribution is 0.327. The molecule has 1 spiro atoms. The van der Waals surface area contributed by atoms with Gasteiger partial charge in [-0.1, -0.05) is 121 Å². The fourth-order valence-electron chi connectivity index (χ4n) is 11.6. The minimum absolute atomic E-state index is 0.0342. The third-order valence-electron chi connectivity index (χ3n) is 13.7. The fourth-order valence-corrected chi connectivity index (χ4v) is 14.8. The fraction of sp³-hybridized carbons (Fsp3) is 0.320. The Labute approximate surface area is 324 Å². The van der Waals surface area contributed by atoms with Crippen molar-refractivity contribution < 1.29 is 0 Å². The summed E-state index contributed by atoms with van der Waals surface area (Å²) < 4.78 is 0.0342. The predicted molar refractivity (Wildman–Crippen MR) is 225 cm³/mol. The van der Waals surface area contributed by atoms with Gasteiger partial charge in [-0.2, -0.15) is 0 Å². The molecule has 2 aromatic carbocycles. The molecule has 0 bridgehead atoms. The minimum Gasteiger partial charge on any atom is -0.341 e. The summed E-state index contributed by atoms with van der Waals surface area (Å²) in [5.74, 6) is 1.22. The molecule has 6 aliphatic carbocycles. The molecule has 0 saturated carbocycles. The number of hydrogen-bond donors (Lipinski definition) is 0. The molecule has 9 aliphatic rings. The molecule has 3 heterocycles. The lowest BCUT2D eigenvalue weighted by Gasteiger charge is -2.60. The van der Waals surface area contributed by atoms with Crippen molar-refractivity contribution in [1.29, 1.82) is 0 Å². The van der Waals surface area contributed by atoms with Gasteiger partial charge in [0.15, 0.2) is 0 Å². The number of thioether (sulfide) groups is 2. The van der Waals surface area contributed by atoms with Crippen LogP contribution in [0.4, 0.5) is 0 Å². The van der Waals surface area contributed by atoms with Gasteiger partial charge in [-0.3, -0.25) is 0 Å². The molecule has 53 heavy (non-hydrogen) atoms. The standard InChI is InChI=1S/C50H47NS2/c1-49-31-13-12-28-46(49)50(39-23-9-11-27-45(39)53-49)40-24-14-22-37(48(40)52-44-30-29-34(32-41(44)50)33-16-4-2-5-17-33)36-21-15-26-43-47(36)38-20-8-10-25-42(38)51(43)35-18-6-3-7-19-35/h2-6,8-10,12-14,16-18,20-21,23-25,28-30,32,37-38,40,42,48H,7,11,15,19,22,26-27,31H2,1H3. The van der Waals surface area contributed by atoms with Crippen molar-refractivity contribution >= 4 is 23.5 Å². The summed E-state index contributed by atoms with van der Waals surface area (Å²) in [5, 5.41) is 0.434. The van der Waals surface area contributed by atoms with Gasteiger partial charge in [-0.15, -0.1) is 23.5 Å². The Hall–Kier alpha value is -3.92. The Bertz CT molecular complexity index is 2250. The third-order valence-corrected chi connectivity index (χ3v) is 16.7. The molecule has 0 N–H and O–H groups in total. The summed E-state index contributed by atoms with van der Waals surface area (Å²) >= 11 is 4.39. The normalized spacial score (nSPS) is 34.5. The Morgan fingerprint density at radius 2 is 1.68 bits per heavy atom. The number of allylic oxidation sites excluding steroid dienone is 18. The van der Waals surface area contributed by atoms with Crippen molar-refractivity contribution in [2.45, 2.75) is 84.6 Å². The molecule has 7 unspecified atom stereocenters. The van der Waals surface area contributed by atoms with E-state index in [1.54, 1.807) is 32.9 Å². The molecule has 0 fully saturated rings. The van der Waals surface area contributed by atoms with Crippen LogP contribution in [0.15, 0.2) is 183 Å². The van der Waals surface area contributed by atoms with E-state index in [1.165, 1.54) is 27.3 Å². The van der Waals surface area contributed by atoms with E-state index in [9.17, 15) is 0 Å². The monoisotopic (exact) mass is 725 g/mol. The van der Waals surface area contributed by atoms with Gasteiger partial charge in [0.1, 0.15) is 0 Å². The number of rotatable bonds is 3. The van der Waals surface area contributed by atoms with Gasteiger partial charge in [0.25, 0.3) is 0 Å². The van der Waals surface area contributed by atoms with Crippen LogP contribution in [0.5, 0.6) is 0 Å². The second-order valence-corrected chi connectivity index (χ2v) is 19.2. The van der Waals surface area contributed by atoms with Gasteiger partial charge < -0.3 is 4.90 Å². The van der Waals surface area contributed by atoms with E-state index in [0.29, 0.717) is 29.0 Å². The highest BCUT2D eigenvalue weighted by molar-refractivity contribution is 8.04. The maximum atomic E-state index is 2.77. The summed E-state index contributed by atoms with van der Waals surface area (Å²) in [7, 11) is 0. The lowest BCUT2D eigenvalue weighted by Crippen LogP contribution is -2.55. The SMILES string of the molecule is CC12CC=CC=C1C1(C3=C(CCC=C3)S2)c2cc(-c3ccccc3)ccc2SC2C(C3=CCCC4=C3C3C=CC=CC3N4C3=CC=CCC3)CC=CC21. The molecule has 0 aromatic heterocycles. The smallest absolute Gasteiger partial charge is 0.0623 e. The zero-order chi connectivity index (χ0) is 35.1. The summed E-state index contributed by atoms with van der Waals surface area (Å²) in [4.78, 5) is 5.89. The van der Waals surface area contributed by atoms with Crippen molar-refractivity contribution in [1.82, 2.24) is 4.90 Å². The molecule has 0 saturated heterocycles. The van der Waals surface area contributed by atoms with Crippen LogP contribution in [-0.4, -0.2) is 20.9 Å². The predicted octanol–water partition coefficient (Wildman–Crippen LogP) is 12.9. The van der Waals surface area contributed by atoms with E-state index in [1.807, 2.05) is 0 Å². The van der Waals surface area contributed by atoms with Crippen molar-refractivity contribution in [2.24, 2.45) is 17.8 Å². The third kappa shape index (κ3) is 4.78. The molecule has 11 rings (SSSR count). The first-order valence-electron chi connectivity index (χ1n) is 20.1. The topological polar surface area (TPSA) is 3.24 Å². The van der Waals surface area contributed by atoms with Crippen LogP contribution in [0, 0.1) is 17.8 Å². The van der Waals surface area contributed by atoms with Crippen LogP contribution in [0.3, 0.4) is 0 Å². The van der Waals surface area contributed by atoms with Gasteiger partial charge in [0.2, 0.25) is 0 Å². The number of hydrogen-bond acceptors (Lipinski definition) is 3. The molecular formula is C50H47NS2. The van der Waals surface area contributed by atoms with Crippen LogP contribution >= 0.6 is 23.5 Å². The lowest BCUT2D eigenvalue weighted by atomic mass is 9.53. The van der Waals surface area contributed by atoms with Gasteiger partial charge >= 0.3 is 0 Å². The molecule has 1 nitrogen and oxygen atoms in total. The van der Waals surface area contributed by atoms with E-state index < -0.39 is 0 Å². The van der Waals surface area contributed by atoms with E-state index >= 15 is 0 Å². The maximum absolute atomic E-state index is 2.77. The van der Waals surface area contributed by atoms with Crippen LogP contribution in [-0.2, 0) is 5.41 Å². The first-order chi connectivity index (χ1) is 26.1. The van der Waals surface area contributed by atoms with Crippen molar-refractivity contribution in [3.8, 4) is 11.1 Å². The highest BCUT2D eigenvalue weighted by Gasteiger charge is 2.61. The first-order valence-corrected chi connectivity index (χ1v) is 21.8. The average Bonchev–Trinajstić information content (AvgIpc) is 3.55. The second-order valence-electron chi connectivity index (χ2n) is 16.4. The van der Waals surface area contributed by atoms with Crippen LogP contribution < -0.4 is 0 Å². The highest BCUT2D eigenvalue weighted by Crippen LogP contribution is 2.69. The molecule has 3 heteroatoms. The molecule has 0 amide bonds. The van der Waals surface area contributed by atoms with Crippen molar-refractivity contribution in [3.05, 3.63) is 184 Å². The van der Waals surface area contributed by atoms with Gasteiger partial charge in [-0.25, -0.2) is 0 Å².